The molecule has 698 valence electrons. The number of aromatic nitrogens is 10. The quantitative estimate of drug-likeness (QED) is 0.114. The summed E-state index contributed by atoms with van der Waals surface area (Å²) in [6.07, 6.45) is 0. The van der Waals surface area contributed by atoms with Crippen molar-refractivity contribution in [3.05, 3.63) is 473 Å². The maximum Gasteiger partial charge on any atom is 0.167 e. The van der Waals surface area contributed by atoms with Crippen LogP contribution in [0.2, 0.25) is 0 Å². The third kappa shape index (κ3) is 14.6. The smallest absolute Gasteiger partial charge is 0.167 e. The van der Waals surface area contributed by atoms with Crippen molar-refractivity contribution in [3.63, 3.8) is 0 Å². The Morgan fingerprint density at radius 3 is 0.880 bits per heavy atom. The monoisotopic (exact) mass is 1970 g/mol. The van der Waals surface area contributed by atoms with E-state index in [4.69, 9.17) is 53.7 Å². The number of hydrogen-bond donors (Lipinski definition) is 0. The summed E-state index contributed by atoms with van der Waals surface area (Å²) in [6.45, 7) is 0. The van der Waals surface area contributed by atoms with Gasteiger partial charge in [-0.2, -0.15) is 0 Å². The first-order valence-electron chi connectivity index (χ1n) is 50.1. The molecule has 15 heteroatoms. The molecule has 0 aliphatic carbocycles. The fourth-order valence-electron chi connectivity index (χ4n) is 22.3. The molecule has 0 unspecified atom stereocenters. The minimum Gasteiger partial charge on any atom is -0.455 e. The maximum atomic E-state index is 6.41. The van der Waals surface area contributed by atoms with E-state index in [1.54, 1.807) is 0 Å². The Labute approximate surface area is 868 Å². The molecule has 0 saturated heterocycles. The number of para-hydroxylation sites is 6. The van der Waals surface area contributed by atoms with Gasteiger partial charge in [-0.3, -0.25) is 0 Å². The molecule has 150 heavy (non-hydrogen) atoms. The van der Waals surface area contributed by atoms with Crippen molar-refractivity contribution >= 4 is 225 Å². The predicted molar refractivity (Wildman–Crippen MR) is 626 cm³/mol. The minimum atomic E-state index is 0.573. The van der Waals surface area contributed by atoms with E-state index in [1.807, 2.05) is 174 Å². The van der Waals surface area contributed by atoms with Gasteiger partial charge in [-0.25, -0.2) is 44.9 Å². The number of thiophene rings is 3. The average Bonchev–Trinajstić information content (AvgIpc) is 1.56. The molecule has 0 amide bonds. The highest BCUT2D eigenvalue weighted by molar-refractivity contribution is 7.27. The first-order chi connectivity index (χ1) is 74.3. The molecule has 0 atom stereocenters. The van der Waals surface area contributed by atoms with Crippen LogP contribution >= 0.6 is 34.0 Å². The van der Waals surface area contributed by atoms with Crippen LogP contribution in [0.15, 0.2) is 482 Å². The number of hydrogen-bond acceptors (Lipinski definition) is 14. The highest BCUT2D eigenvalue weighted by Gasteiger charge is 2.26. The molecule has 0 saturated carbocycles. The second kappa shape index (κ2) is 35.3. The standard InChI is InChI=1S/C47H28N4S.C47H27N3OS.C41H23N3OS/c1-3-11-30(12-4-1)45-48-46(32-21-24-35-31(27-32)20-19-29-23-26-42-44(43(29)35)38-16-8-10-18-41(38)52-42)50-47(49-45)33-22-25-37-36-15-7-9-17-39(36)51(40(37)28-33)34-13-5-2-6-14-34;1-2-10-29(11-3-1)45-48-46(50-47(49-45)38-17-9-16-36-35-14-4-6-18-39(35)51-44(36)38)33-13-8-12-30(27-33)31-22-24-34-32(26-31)21-20-28-23-25-41-43(42(28)34)37-15-5-7-19-40(37)52-41;1-2-9-25(10-3-1)39-42-40(44-41(43-39)32-14-8-13-30-29-11-4-6-15-33(29)45-38(30)32)27-19-21-28-26(23-27)18-17-24-20-22-35-37(36(24)28)31-12-5-7-16-34(31)46-35/h1-28H;1-27H;1-23H. The summed E-state index contributed by atoms with van der Waals surface area (Å²) in [6, 6.07) is 166. The second-order valence-electron chi connectivity index (χ2n) is 38.0. The van der Waals surface area contributed by atoms with Gasteiger partial charge in [0, 0.05) is 137 Å². The van der Waals surface area contributed by atoms with Gasteiger partial charge in [0.15, 0.2) is 52.4 Å². The van der Waals surface area contributed by atoms with Crippen molar-refractivity contribution in [3.8, 4) is 119 Å². The van der Waals surface area contributed by atoms with Gasteiger partial charge in [0.1, 0.15) is 22.3 Å². The van der Waals surface area contributed by atoms with Gasteiger partial charge in [0.2, 0.25) is 0 Å². The normalized spacial score (nSPS) is 11.9. The molecule has 0 aliphatic rings. The third-order valence-corrected chi connectivity index (χ3v) is 32.6. The van der Waals surface area contributed by atoms with Crippen molar-refractivity contribution in [1.29, 1.82) is 0 Å². The predicted octanol–water partition coefficient (Wildman–Crippen LogP) is 37.2. The number of benzene rings is 23. The van der Waals surface area contributed by atoms with Gasteiger partial charge in [-0.1, -0.05) is 364 Å². The summed E-state index contributed by atoms with van der Waals surface area (Å²) in [5, 5.41) is 29.4. The van der Waals surface area contributed by atoms with Gasteiger partial charge in [-0.15, -0.1) is 34.0 Å². The highest BCUT2D eigenvalue weighted by Crippen LogP contribution is 2.49. The molecule has 0 spiro atoms. The van der Waals surface area contributed by atoms with Crippen LogP contribution in [-0.4, -0.2) is 49.4 Å². The lowest BCUT2D eigenvalue weighted by Crippen LogP contribution is -2.00. The van der Waals surface area contributed by atoms with Gasteiger partial charge in [0.05, 0.1) is 22.2 Å². The Bertz CT molecular complexity index is 11200. The van der Waals surface area contributed by atoms with Gasteiger partial charge in [-0.05, 0) is 185 Å². The van der Waals surface area contributed by atoms with Crippen molar-refractivity contribution in [2.24, 2.45) is 0 Å². The molecule has 0 bridgehead atoms. The fraction of sp³-hybridized carbons (Fsp3) is 0. The van der Waals surface area contributed by atoms with E-state index >= 15 is 0 Å². The fourth-order valence-corrected chi connectivity index (χ4v) is 25.6. The van der Waals surface area contributed by atoms with E-state index in [0.717, 1.165) is 127 Å². The molecule has 23 aromatic carbocycles. The van der Waals surface area contributed by atoms with Gasteiger partial charge >= 0.3 is 0 Å². The average molecular weight is 1970 g/mol. The van der Waals surface area contributed by atoms with Gasteiger partial charge < -0.3 is 13.4 Å². The molecule has 0 radical (unpaired) electrons. The summed E-state index contributed by atoms with van der Waals surface area (Å²) >= 11 is 5.57. The van der Waals surface area contributed by atoms with Crippen LogP contribution in [0.25, 0.3) is 310 Å². The van der Waals surface area contributed by atoms with E-state index in [2.05, 4.69) is 338 Å². The Hall–Kier alpha value is -19.3. The summed E-state index contributed by atoms with van der Waals surface area (Å²) < 4.78 is 23.0. The molecule has 9 aromatic heterocycles. The van der Waals surface area contributed by atoms with Crippen molar-refractivity contribution in [2.45, 2.75) is 0 Å². The Morgan fingerprint density at radius 2 is 0.447 bits per heavy atom. The zero-order valence-electron chi connectivity index (χ0n) is 80.0. The summed E-state index contributed by atoms with van der Waals surface area (Å²) in [7, 11) is 0. The molecular formula is C135H78N10O2S3. The van der Waals surface area contributed by atoms with Crippen LogP contribution in [0, 0.1) is 0 Å². The SMILES string of the molecule is c1ccc(-c2nc(-c3ccc4c(ccc5ccc6sc7ccccc7c6c54)c3)nc(-c3ccc4c5ccccc5n(-c5ccccc5)c4c3)n2)cc1.c1ccc(-c2nc(-c3ccc4c(ccc5ccc6sc7ccccc7c6c54)c3)nc(-c3cccc4c3oc3ccccc34)n2)cc1.c1ccc(-c2nc(-c3cccc(-c4ccc5c(ccc6ccc7sc8ccccc8c7c65)c4)c3)nc(-c3cccc4c3oc3ccccc34)n2)cc1. The zero-order valence-corrected chi connectivity index (χ0v) is 82.5. The maximum absolute atomic E-state index is 6.41. The molecule has 32 rings (SSSR count). The van der Waals surface area contributed by atoms with Crippen LogP contribution in [0.5, 0.6) is 0 Å². The first kappa shape index (κ1) is 86.2. The summed E-state index contributed by atoms with van der Waals surface area (Å²) in [4.78, 5) is 45.6. The number of fused-ring (bicyclic) bond motifs is 30. The van der Waals surface area contributed by atoms with Crippen LogP contribution in [0.3, 0.4) is 0 Å². The van der Waals surface area contributed by atoms with Gasteiger partial charge in [0.25, 0.3) is 0 Å². The van der Waals surface area contributed by atoms with Crippen LogP contribution in [0.4, 0.5) is 0 Å². The van der Waals surface area contributed by atoms with Crippen LogP contribution in [0.1, 0.15) is 0 Å². The van der Waals surface area contributed by atoms with E-state index < -0.39 is 0 Å². The Balaban J connectivity index is 0.000000104. The summed E-state index contributed by atoms with van der Waals surface area (Å²) in [5.41, 5.74) is 17.1. The summed E-state index contributed by atoms with van der Waals surface area (Å²) in [5.74, 6) is 5.56. The number of furan rings is 2. The van der Waals surface area contributed by atoms with Crippen molar-refractivity contribution in [2.75, 3.05) is 0 Å². The van der Waals surface area contributed by atoms with E-state index in [-0.39, 0.29) is 0 Å². The first-order valence-corrected chi connectivity index (χ1v) is 52.5. The van der Waals surface area contributed by atoms with Crippen molar-refractivity contribution < 1.29 is 8.83 Å². The number of nitrogens with zero attached hydrogens (tertiary/aromatic N) is 10. The van der Waals surface area contributed by atoms with E-state index in [9.17, 15) is 0 Å². The number of rotatable bonds is 11. The Kier molecular flexibility index (Phi) is 20.3. The molecule has 0 fully saturated rings. The second-order valence-corrected chi connectivity index (χ2v) is 41.2. The molecule has 9 heterocycles. The molecule has 0 aliphatic heterocycles. The van der Waals surface area contributed by atoms with E-state index in [0.29, 0.717) is 52.4 Å². The third-order valence-electron chi connectivity index (χ3n) is 29.2. The highest BCUT2D eigenvalue weighted by atomic mass is 32.1. The topological polar surface area (TPSA) is 147 Å². The molecule has 12 nitrogen and oxygen atoms in total. The minimum absolute atomic E-state index is 0.573. The largest absolute Gasteiger partial charge is 0.455 e. The molecular weight excluding hydrogens is 1890 g/mol. The van der Waals surface area contributed by atoms with E-state index in [1.165, 1.54) is 131 Å². The molecule has 0 N–H and O–H groups in total. The van der Waals surface area contributed by atoms with Crippen LogP contribution < -0.4 is 0 Å². The lowest BCUT2D eigenvalue weighted by Gasteiger charge is -2.11. The van der Waals surface area contributed by atoms with Crippen molar-refractivity contribution in [1.82, 2.24) is 49.4 Å². The lowest BCUT2D eigenvalue weighted by atomic mass is 9.94. The zero-order chi connectivity index (χ0) is 98.5. The van der Waals surface area contributed by atoms with Crippen LogP contribution in [-0.2, 0) is 0 Å². The molecule has 32 aromatic rings. The Morgan fingerprint density at radius 1 is 0.160 bits per heavy atom. The lowest BCUT2D eigenvalue weighted by molar-refractivity contribution is 0.669.